The Morgan fingerprint density at radius 3 is 2.19 bits per heavy atom. The van der Waals surface area contributed by atoms with E-state index in [1.807, 2.05) is 0 Å². The first-order valence-corrected chi connectivity index (χ1v) is 6.17. The van der Waals surface area contributed by atoms with Crippen LogP contribution in [0.1, 0.15) is 18.1 Å². The van der Waals surface area contributed by atoms with Crippen LogP contribution in [0, 0.1) is 0 Å². The van der Waals surface area contributed by atoms with Crippen LogP contribution in [0.4, 0.5) is 3.89 Å². The van der Waals surface area contributed by atoms with Gasteiger partial charge in [-0.05, 0) is 11.1 Å². The highest BCUT2D eigenvalue weighted by Gasteiger charge is 2.08. The lowest BCUT2D eigenvalue weighted by Crippen LogP contribution is -2.18. The third-order valence-electron chi connectivity index (χ3n) is 1.90. The van der Waals surface area contributed by atoms with Crippen molar-refractivity contribution in [2.24, 2.45) is 0 Å². The van der Waals surface area contributed by atoms with Gasteiger partial charge in [0.15, 0.2) is 0 Å². The van der Waals surface area contributed by atoms with E-state index >= 15 is 0 Å². The lowest BCUT2D eigenvalue weighted by atomic mass is 10.1. The summed E-state index contributed by atoms with van der Waals surface area (Å²) in [7, 11) is -4.49. The van der Waals surface area contributed by atoms with Gasteiger partial charge in [0, 0.05) is 13.5 Å². The summed E-state index contributed by atoms with van der Waals surface area (Å²) in [5, 5.41) is 2.60. The SMILES string of the molecule is CC(=O)NCc1ccc(CS(=O)(=O)F)cc1. The number of carbonyl (C=O) groups excluding carboxylic acids is 1. The molecule has 0 saturated carbocycles. The molecule has 0 aromatic heterocycles. The van der Waals surface area contributed by atoms with E-state index in [1.165, 1.54) is 19.1 Å². The van der Waals surface area contributed by atoms with Crippen molar-refractivity contribution in [3.63, 3.8) is 0 Å². The lowest BCUT2D eigenvalue weighted by molar-refractivity contribution is -0.119. The summed E-state index contributed by atoms with van der Waals surface area (Å²) in [6, 6.07) is 6.34. The zero-order valence-corrected chi connectivity index (χ0v) is 9.55. The number of amides is 1. The van der Waals surface area contributed by atoms with Gasteiger partial charge in [-0.3, -0.25) is 4.79 Å². The van der Waals surface area contributed by atoms with Gasteiger partial charge in [-0.2, -0.15) is 8.42 Å². The highest BCUT2D eigenvalue weighted by Crippen LogP contribution is 2.09. The molecule has 0 heterocycles. The molecule has 4 nitrogen and oxygen atoms in total. The fourth-order valence-electron chi connectivity index (χ4n) is 1.18. The molecule has 0 atom stereocenters. The van der Waals surface area contributed by atoms with Crippen LogP contribution in [0.2, 0.25) is 0 Å². The van der Waals surface area contributed by atoms with Crippen molar-refractivity contribution in [2.45, 2.75) is 19.2 Å². The van der Waals surface area contributed by atoms with E-state index in [-0.39, 0.29) is 5.91 Å². The zero-order chi connectivity index (χ0) is 12.2. The van der Waals surface area contributed by atoms with Crippen LogP contribution in [-0.4, -0.2) is 14.3 Å². The van der Waals surface area contributed by atoms with Crippen molar-refractivity contribution in [1.82, 2.24) is 5.32 Å². The zero-order valence-electron chi connectivity index (χ0n) is 8.73. The molecule has 0 saturated heterocycles. The molecule has 88 valence electrons. The maximum absolute atomic E-state index is 12.3. The van der Waals surface area contributed by atoms with E-state index in [4.69, 9.17) is 0 Å². The molecule has 1 aromatic carbocycles. The Bertz CT molecular complexity index is 467. The molecular formula is C10H12FNO3S. The van der Waals surface area contributed by atoms with Crippen LogP contribution in [-0.2, 0) is 27.3 Å². The Labute approximate surface area is 93.7 Å². The molecule has 0 unspecified atom stereocenters. The minimum atomic E-state index is -4.49. The summed E-state index contributed by atoms with van der Waals surface area (Å²) in [4.78, 5) is 10.6. The largest absolute Gasteiger partial charge is 0.352 e. The van der Waals surface area contributed by atoms with Crippen molar-refractivity contribution >= 4 is 16.1 Å². The number of rotatable bonds is 4. The van der Waals surface area contributed by atoms with Crippen molar-refractivity contribution in [3.8, 4) is 0 Å². The predicted molar refractivity (Wildman–Crippen MR) is 57.7 cm³/mol. The van der Waals surface area contributed by atoms with E-state index in [0.29, 0.717) is 12.1 Å². The summed E-state index contributed by atoms with van der Waals surface area (Å²) >= 11 is 0. The molecule has 1 aromatic rings. The van der Waals surface area contributed by atoms with E-state index in [0.717, 1.165) is 5.56 Å². The summed E-state index contributed by atoms with van der Waals surface area (Å²) in [5.41, 5.74) is 1.21. The third-order valence-corrected chi connectivity index (χ3v) is 2.58. The first kappa shape index (κ1) is 12.6. The number of nitrogens with one attached hydrogen (secondary N) is 1. The van der Waals surface area contributed by atoms with Crippen molar-refractivity contribution in [3.05, 3.63) is 35.4 Å². The average molecular weight is 245 g/mol. The normalized spacial score (nSPS) is 11.1. The highest BCUT2D eigenvalue weighted by atomic mass is 32.3. The second kappa shape index (κ2) is 5.07. The molecule has 6 heteroatoms. The van der Waals surface area contributed by atoms with E-state index in [2.05, 4.69) is 5.32 Å². The second-order valence-electron chi connectivity index (χ2n) is 3.41. The van der Waals surface area contributed by atoms with Gasteiger partial charge in [0.2, 0.25) is 5.91 Å². The Morgan fingerprint density at radius 2 is 1.75 bits per heavy atom. The number of carbonyl (C=O) groups is 1. The van der Waals surface area contributed by atoms with E-state index < -0.39 is 16.0 Å². The molecule has 16 heavy (non-hydrogen) atoms. The maximum atomic E-state index is 12.3. The number of hydrogen-bond acceptors (Lipinski definition) is 3. The van der Waals surface area contributed by atoms with Crippen LogP contribution in [0.3, 0.4) is 0 Å². The average Bonchev–Trinajstić information content (AvgIpc) is 2.14. The van der Waals surface area contributed by atoms with Gasteiger partial charge in [-0.1, -0.05) is 24.3 Å². The van der Waals surface area contributed by atoms with Gasteiger partial charge < -0.3 is 5.32 Å². The smallest absolute Gasteiger partial charge is 0.306 e. The van der Waals surface area contributed by atoms with Gasteiger partial charge in [-0.25, -0.2) is 0 Å². The molecule has 0 radical (unpaired) electrons. The monoisotopic (exact) mass is 245 g/mol. The molecule has 1 N–H and O–H groups in total. The van der Waals surface area contributed by atoms with Gasteiger partial charge in [0.25, 0.3) is 0 Å². The standard InChI is InChI=1S/C10H12FNO3S/c1-8(13)12-6-9-2-4-10(5-3-9)7-16(11,14)15/h2-5H,6-7H2,1H3,(H,12,13). The van der Waals surface area contributed by atoms with Crippen LogP contribution in [0.25, 0.3) is 0 Å². The predicted octanol–water partition coefficient (Wildman–Crippen LogP) is 1.12. The Morgan fingerprint density at radius 1 is 1.25 bits per heavy atom. The topological polar surface area (TPSA) is 63.2 Å². The number of halogens is 1. The molecule has 1 amide bonds. The summed E-state index contributed by atoms with van der Waals surface area (Å²) < 4.78 is 33.1. The maximum Gasteiger partial charge on any atom is 0.306 e. The van der Waals surface area contributed by atoms with E-state index in [9.17, 15) is 17.1 Å². The highest BCUT2D eigenvalue weighted by molar-refractivity contribution is 7.85. The van der Waals surface area contributed by atoms with Crippen molar-refractivity contribution in [1.29, 1.82) is 0 Å². The quantitative estimate of drug-likeness (QED) is 0.808. The second-order valence-corrected chi connectivity index (χ2v) is 4.78. The molecule has 0 aliphatic heterocycles. The van der Waals surface area contributed by atoms with Crippen LogP contribution < -0.4 is 5.32 Å². The third kappa shape index (κ3) is 4.88. The van der Waals surface area contributed by atoms with E-state index in [1.54, 1.807) is 12.1 Å². The first-order chi connectivity index (χ1) is 7.37. The lowest BCUT2D eigenvalue weighted by Gasteiger charge is -2.03. The molecule has 0 fully saturated rings. The molecule has 0 aliphatic carbocycles. The minimum Gasteiger partial charge on any atom is -0.352 e. The molecule has 0 aliphatic rings. The minimum absolute atomic E-state index is 0.143. The molecule has 0 spiro atoms. The summed E-state index contributed by atoms with van der Waals surface area (Å²) in [6.45, 7) is 1.78. The Balaban J connectivity index is 2.64. The summed E-state index contributed by atoms with van der Waals surface area (Å²) in [5.74, 6) is -0.761. The fourth-order valence-corrected chi connectivity index (χ4v) is 1.77. The number of benzene rings is 1. The van der Waals surface area contributed by atoms with Crippen LogP contribution in [0.15, 0.2) is 24.3 Å². The van der Waals surface area contributed by atoms with Gasteiger partial charge in [0.05, 0.1) is 0 Å². The number of hydrogen-bond donors (Lipinski definition) is 1. The van der Waals surface area contributed by atoms with Crippen molar-refractivity contribution in [2.75, 3.05) is 0 Å². The Hall–Kier alpha value is -1.43. The summed E-state index contributed by atoms with van der Waals surface area (Å²) in [6.07, 6.45) is 0. The van der Waals surface area contributed by atoms with Crippen LogP contribution in [0.5, 0.6) is 0 Å². The van der Waals surface area contributed by atoms with Crippen molar-refractivity contribution < 1.29 is 17.1 Å². The van der Waals surface area contributed by atoms with Gasteiger partial charge in [-0.15, -0.1) is 3.89 Å². The Kier molecular flexibility index (Phi) is 4.00. The van der Waals surface area contributed by atoms with Crippen LogP contribution >= 0.6 is 0 Å². The molecular weight excluding hydrogens is 233 g/mol. The fraction of sp³-hybridized carbons (Fsp3) is 0.300. The van der Waals surface area contributed by atoms with Gasteiger partial charge in [0.1, 0.15) is 5.75 Å². The molecule has 0 bridgehead atoms. The van der Waals surface area contributed by atoms with Gasteiger partial charge >= 0.3 is 10.2 Å². The first-order valence-electron chi connectivity index (χ1n) is 4.61. The molecule has 1 rings (SSSR count).